The maximum Gasteiger partial charge on any atom is 0.404 e. The Morgan fingerprint density at radius 1 is 1.24 bits per heavy atom. The van der Waals surface area contributed by atoms with Crippen LogP contribution in [0.15, 0.2) is 53.8 Å². The Morgan fingerprint density at radius 3 is 2.66 bits per heavy atom. The van der Waals surface area contributed by atoms with E-state index in [-0.39, 0.29) is 19.0 Å². The SMILES string of the molecule is CC(C)Cn1ncc2cc(C(=NOCCNC(=O)O)c3ccc(F)cc3)ccc21. The molecule has 1 aromatic heterocycles. The van der Waals surface area contributed by atoms with Gasteiger partial charge < -0.3 is 15.3 Å². The van der Waals surface area contributed by atoms with E-state index in [0.717, 1.165) is 23.0 Å². The molecule has 0 bridgehead atoms. The largest absolute Gasteiger partial charge is 0.465 e. The molecule has 8 heteroatoms. The Morgan fingerprint density at radius 2 is 1.97 bits per heavy atom. The van der Waals surface area contributed by atoms with Crippen LogP contribution in [-0.4, -0.2) is 39.8 Å². The number of hydrogen-bond donors (Lipinski definition) is 2. The summed E-state index contributed by atoms with van der Waals surface area (Å²) < 4.78 is 15.3. The van der Waals surface area contributed by atoms with Gasteiger partial charge in [0.1, 0.15) is 18.1 Å². The van der Waals surface area contributed by atoms with Crippen molar-refractivity contribution in [1.82, 2.24) is 15.1 Å². The molecule has 2 N–H and O–H groups in total. The third kappa shape index (κ3) is 5.31. The number of nitrogens with zero attached hydrogens (tertiary/aromatic N) is 3. The van der Waals surface area contributed by atoms with Crippen LogP contribution in [0, 0.1) is 11.7 Å². The van der Waals surface area contributed by atoms with Gasteiger partial charge in [-0.1, -0.05) is 25.1 Å². The molecule has 0 atom stereocenters. The minimum atomic E-state index is -1.12. The van der Waals surface area contributed by atoms with Gasteiger partial charge >= 0.3 is 6.09 Å². The summed E-state index contributed by atoms with van der Waals surface area (Å²) in [5.41, 5.74) is 3.03. The van der Waals surface area contributed by atoms with Crippen molar-refractivity contribution in [2.45, 2.75) is 20.4 Å². The average Bonchev–Trinajstić information content (AvgIpc) is 3.07. The normalized spacial score (nSPS) is 11.8. The Balaban J connectivity index is 1.90. The summed E-state index contributed by atoms with van der Waals surface area (Å²) in [4.78, 5) is 15.8. The third-order valence-electron chi connectivity index (χ3n) is 4.20. The first-order valence-corrected chi connectivity index (χ1v) is 9.32. The van der Waals surface area contributed by atoms with Gasteiger partial charge in [0.2, 0.25) is 0 Å². The van der Waals surface area contributed by atoms with E-state index in [9.17, 15) is 9.18 Å². The summed E-state index contributed by atoms with van der Waals surface area (Å²) in [6.45, 7) is 5.28. The van der Waals surface area contributed by atoms with Gasteiger partial charge in [-0.05, 0) is 42.3 Å². The fourth-order valence-electron chi connectivity index (χ4n) is 2.92. The number of benzene rings is 2. The predicted octanol–water partition coefficient (Wildman–Crippen LogP) is 3.87. The van der Waals surface area contributed by atoms with E-state index in [1.807, 2.05) is 22.9 Å². The Bertz CT molecular complexity index is 1010. The Hall–Kier alpha value is -3.42. The smallest absolute Gasteiger partial charge is 0.404 e. The third-order valence-corrected chi connectivity index (χ3v) is 4.20. The van der Waals surface area contributed by atoms with Crippen LogP contribution in [0.4, 0.5) is 9.18 Å². The van der Waals surface area contributed by atoms with E-state index in [2.05, 4.69) is 29.4 Å². The molecule has 0 saturated carbocycles. The van der Waals surface area contributed by atoms with Crippen molar-refractivity contribution in [3.05, 3.63) is 65.6 Å². The molecule has 2 aromatic carbocycles. The van der Waals surface area contributed by atoms with Gasteiger partial charge in [-0.25, -0.2) is 9.18 Å². The Labute approximate surface area is 167 Å². The van der Waals surface area contributed by atoms with Crippen LogP contribution in [0.25, 0.3) is 10.9 Å². The van der Waals surface area contributed by atoms with Crippen molar-refractivity contribution >= 4 is 22.7 Å². The lowest BCUT2D eigenvalue weighted by Gasteiger charge is -2.09. The zero-order chi connectivity index (χ0) is 20.8. The van der Waals surface area contributed by atoms with E-state index in [0.29, 0.717) is 17.2 Å². The number of halogens is 1. The van der Waals surface area contributed by atoms with Gasteiger partial charge in [-0.15, -0.1) is 0 Å². The zero-order valence-corrected chi connectivity index (χ0v) is 16.3. The minimum absolute atomic E-state index is 0.0750. The molecule has 7 nitrogen and oxygen atoms in total. The first kappa shape index (κ1) is 20.3. The molecule has 29 heavy (non-hydrogen) atoms. The molecule has 3 aromatic rings. The lowest BCUT2D eigenvalue weighted by Crippen LogP contribution is -2.24. The molecule has 1 amide bonds. The maximum absolute atomic E-state index is 13.3. The number of hydrogen-bond acceptors (Lipinski definition) is 4. The molecule has 152 valence electrons. The molecule has 0 aliphatic heterocycles. The van der Waals surface area contributed by atoms with Crippen LogP contribution in [0.1, 0.15) is 25.0 Å². The van der Waals surface area contributed by atoms with Crippen LogP contribution in [0.5, 0.6) is 0 Å². The van der Waals surface area contributed by atoms with Crippen LogP contribution >= 0.6 is 0 Å². The number of carbonyl (C=O) groups is 1. The van der Waals surface area contributed by atoms with Crippen molar-refractivity contribution in [2.24, 2.45) is 11.1 Å². The molecule has 0 saturated heterocycles. The van der Waals surface area contributed by atoms with Crippen molar-refractivity contribution in [2.75, 3.05) is 13.2 Å². The molecule has 0 radical (unpaired) electrons. The second-order valence-electron chi connectivity index (χ2n) is 7.01. The topological polar surface area (TPSA) is 88.7 Å². The standard InChI is InChI=1S/C21H23FN4O3/c1-14(2)13-26-19-8-5-16(11-17(19)12-24-26)20(15-3-6-18(22)7-4-15)25-29-10-9-23-21(27)28/h3-8,11-12,14,23H,9-10,13H2,1-2H3,(H,27,28). The predicted molar refractivity (Wildman–Crippen MR) is 109 cm³/mol. The lowest BCUT2D eigenvalue weighted by molar-refractivity contribution is 0.141. The highest BCUT2D eigenvalue weighted by Crippen LogP contribution is 2.20. The summed E-state index contributed by atoms with van der Waals surface area (Å²) in [5.74, 6) is 0.131. The highest BCUT2D eigenvalue weighted by atomic mass is 19.1. The molecule has 1 heterocycles. The number of carboxylic acid groups (broad SMARTS) is 1. The molecule has 0 unspecified atom stereocenters. The lowest BCUT2D eigenvalue weighted by atomic mass is 10.0. The number of oxime groups is 1. The van der Waals surface area contributed by atoms with Crippen LogP contribution in [0.2, 0.25) is 0 Å². The minimum Gasteiger partial charge on any atom is -0.465 e. The van der Waals surface area contributed by atoms with Gasteiger partial charge in [-0.3, -0.25) is 4.68 Å². The summed E-state index contributed by atoms with van der Waals surface area (Å²) in [5, 5.41) is 20.4. The summed E-state index contributed by atoms with van der Waals surface area (Å²) in [6, 6.07) is 11.8. The fourth-order valence-corrected chi connectivity index (χ4v) is 2.92. The van der Waals surface area contributed by atoms with E-state index >= 15 is 0 Å². The van der Waals surface area contributed by atoms with Crippen LogP contribution in [0.3, 0.4) is 0 Å². The van der Waals surface area contributed by atoms with Gasteiger partial charge in [0, 0.05) is 23.1 Å². The fraction of sp³-hybridized carbons (Fsp3) is 0.286. The van der Waals surface area contributed by atoms with Crippen molar-refractivity contribution in [3.8, 4) is 0 Å². The first-order chi connectivity index (χ1) is 13.9. The number of amides is 1. The first-order valence-electron chi connectivity index (χ1n) is 9.32. The number of aromatic nitrogens is 2. The summed E-state index contributed by atoms with van der Waals surface area (Å²) in [7, 11) is 0. The second-order valence-corrected chi connectivity index (χ2v) is 7.01. The molecular formula is C21H23FN4O3. The van der Waals surface area contributed by atoms with E-state index in [4.69, 9.17) is 9.94 Å². The van der Waals surface area contributed by atoms with Gasteiger partial charge in [0.05, 0.1) is 18.3 Å². The average molecular weight is 398 g/mol. The maximum atomic E-state index is 13.3. The second kappa shape index (κ2) is 9.18. The van der Waals surface area contributed by atoms with Gasteiger partial charge in [0.15, 0.2) is 0 Å². The molecule has 0 aliphatic rings. The number of rotatable bonds is 8. The van der Waals surface area contributed by atoms with E-state index in [1.54, 1.807) is 18.3 Å². The highest BCUT2D eigenvalue weighted by molar-refractivity contribution is 6.13. The summed E-state index contributed by atoms with van der Waals surface area (Å²) >= 11 is 0. The molecule has 0 spiro atoms. The van der Waals surface area contributed by atoms with Gasteiger partial charge in [-0.2, -0.15) is 5.10 Å². The summed E-state index contributed by atoms with van der Waals surface area (Å²) in [6.07, 6.45) is 0.682. The van der Waals surface area contributed by atoms with E-state index < -0.39 is 6.09 Å². The monoisotopic (exact) mass is 398 g/mol. The number of fused-ring (bicyclic) bond motifs is 1. The Kier molecular flexibility index (Phi) is 6.43. The quantitative estimate of drug-likeness (QED) is 0.342. The molecule has 3 rings (SSSR count). The highest BCUT2D eigenvalue weighted by Gasteiger charge is 2.12. The zero-order valence-electron chi connectivity index (χ0n) is 16.3. The van der Waals surface area contributed by atoms with E-state index in [1.165, 1.54) is 12.1 Å². The molecule has 0 aliphatic carbocycles. The molecule has 0 fully saturated rings. The van der Waals surface area contributed by atoms with Gasteiger partial charge in [0.25, 0.3) is 0 Å². The number of nitrogens with one attached hydrogen (secondary N) is 1. The van der Waals surface area contributed by atoms with Crippen LogP contribution < -0.4 is 5.32 Å². The van der Waals surface area contributed by atoms with Crippen molar-refractivity contribution in [1.29, 1.82) is 0 Å². The van der Waals surface area contributed by atoms with Crippen molar-refractivity contribution < 1.29 is 19.1 Å². The van der Waals surface area contributed by atoms with Crippen molar-refractivity contribution in [3.63, 3.8) is 0 Å². The van der Waals surface area contributed by atoms with Crippen LogP contribution in [-0.2, 0) is 11.4 Å². The molecular weight excluding hydrogens is 375 g/mol.